The van der Waals surface area contributed by atoms with Crippen molar-refractivity contribution in [3.63, 3.8) is 0 Å². The van der Waals surface area contributed by atoms with Crippen molar-refractivity contribution in [2.75, 3.05) is 19.8 Å². The van der Waals surface area contributed by atoms with Crippen molar-refractivity contribution in [3.8, 4) is 0 Å². The van der Waals surface area contributed by atoms with Gasteiger partial charge < -0.3 is 15.0 Å². The summed E-state index contributed by atoms with van der Waals surface area (Å²) < 4.78 is 5.36. The Labute approximate surface area is 172 Å². The number of carbonyl (C=O) groups is 2. The molecule has 2 aliphatic heterocycles. The number of hydrogen-bond acceptors (Lipinski definition) is 5. The average molecular weight is 404 g/mol. The van der Waals surface area contributed by atoms with Gasteiger partial charge in [-0.1, -0.05) is 25.7 Å². The number of ether oxygens (including phenoxy) is 1. The molecule has 1 aliphatic carbocycles. The molecule has 8 nitrogen and oxygen atoms in total. The van der Waals surface area contributed by atoms with Crippen LogP contribution in [0.25, 0.3) is 0 Å². The standard InChI is InChI=1S/C21H33N5O3/c1-14-22-20(25-24-14)18-12-17(23-21(28)16-8-10-29-11-9-16)13-26(18)19(27)7-6-15-4-2-3-5-15/h15-18H,2-13H2,1H3,(H,23,28)(H,22,24,25)/t17-,18-/m0/s1. The molecule has 0 bridgehead atoms. The van der Waals surface area contributed by atoms with Crippen LogP contribution in [0.5, 0.6) is 0 Å². The van der Waals surface area contributed by atoms with Crippen LogP contribution in [0.1, 0.15) is 75.5 Å². The Morgan fingerprint density at radius 2 is 1.97 bits per heavy atom. The normalized spacial score (nSPS) is 26.2. The lowest BCUT2D eigenvalue weighted by molar-refractivity contribution is -0.133. The van der Waals surface area contributed by atoms with Gasteiger partial charge in [-0.3, -0.25) is 14.7 Å². The molecule has 0 spiro atoms. The summed E-state index contributed by atoms with van der Waals surface area (Å²) in [5.74, 6) is 2.35. The van der Waals surface area contributed by atoms with E-state index in [1.54, 1.807) is 0 Å². The van der Waals surface area contributed by atoms with E-state index in [-0.39, 0.29) is 29.8 Å². The van der Waals surface area contributed by atoms with Gasteiger partial charge in [0.1, 0.15) is 5.82 Å². The zero-order valence-electron chi connectivity index (χ0n) is 17.4. The fourth-order valence-corrected chi connectivity index (χ4v) is 5.02. The second-order valence-electron chi connectivity index (χ2n) is 8.86. The molecule has 4 rings (SSSR count). The Morgan fingerprint density at radius 1 is 1.21 bits per heavy atom. The van der Waals surface area contributed by atoms with Crippen molar-refractivity contribution in [3.05, 3.63) is 11.6 Å². The molecule has 3 fully saturated rings. The second-order valence-corrected chi connectivity index (χ2v) is 8.86. The van der Waals surface area contributed by atoms with Gasteiger partial charge in [0, 0.05) is 38.1 Å². The van der Waals surface area contributed by atoms with Crippen LogP contribution < -0.4 is 5.32 Å². The van der Waals surface area contributed by atoms with Crippen LogP contribution in [0, 0.1) is 18.8 Å². The number of rotatable bonds is 6. The number of nitrogens with one attached hydrogen (secondary N) is 2. The largest absolute Gasteiger partial charge is 0.381 e. The first kappa shape index (κ1) is 20.3. The molecule has 160 valence electrons. The lowest BCUT2D eigenvalue weighted by atomic mass is 9.99. The molecular weight excluding hydrogens is 370 g/mol. The lowest BCUT2D eigenvalue weighted by Crippen LogP contribution is -2.42. The van der Waals surface area contributed by atoms with Gasteiger partial charge in [-0.25, -0.2) is 4.98 Å². The summed E-state index contributed by atoms with van der Waals surface area (Å²) in [6.45, 7) is 3.69. The third-order valence-electron chi connectivity index (χ3n) is 6.71. The van der Waals surface area contributed by atoms with Crippen LogP contribution in [0.2, 0.25) is 0 Å². The fraction of sp³-hybridized carbons (Fsp3) is 0.810. The first-order valence-corrected chi connectivity index (χ1v) is 11.2. The van der Waals surface area contributed by atoms with Crippen LogP contribution in [-0.4, -0.2) is 57.7 Å². The summed E-state index contributed by atoms with van der Waals surface area (Å²) in [5, 5.41) is 10.4. The van der Waals surface area contributed by atoms with E-state index in [1.165, 1.54) is 25.7 Å². The van der Waals surface area contributed by atoms with Gasteiger partial charge in [-0.15, -0.1) is 0 Å². The van der Waals surface area contributed by atoms with E-state index in [1.807, 2.05) is 11.8 Å². The molecule has 1 aromatic heterocycles. The predicted molar refractivity (Wildman–Crippen MR) is 107 cm³/mol. The Bertz CT molecular complexity index is 709. The SMILES string of the molecule is Cc1nc([C@@H]2C[C@H](NC(=O)C3CCOCC3)CN2C(=O)CCC2CCCC2)n[nH]1. The van der Waals surface area contributed by atoms with Crippen LogP contribution in [0.4, 0.5) is 0 Å². The second kappa shape index (κ2) is 9.24. The summed E-state index contributed by atoms with van der Waals surface area (Å²) in [4.78, 5) is 32.1. The minimum absolute atomic E-state index is 0.0140. The topological polar surface area (TPSA) is 100 Å². The zero-order chi connectivity index (χ0) is 20.2. The molecule has 0 aromatic carbocycles. The number of hydrogen-bond donors (Lipinski definition) is 2. The summed E-state index contributed by atoms with van der Waals surface area (Å²) in [7, 11) is 0. The molecule has 2 atom stereocenters. The predicted octanol–water partition coefficient (Wildman–Crippen LogP) is 2.27. The van der Waals surface area contributed by atoms with E-state index in [0.717, 1.165) is 25.1 Å². The van der Waals surface area contributed by atoms with Gasteiger partial charge >= 0.3 is 0 Å². The number of likely N-dealkylation sites (tertiary alicyclic amines) is 1. The minimum atomic E-state index is -0.170. The Morgan fingerprint density at radius 3 is 2.66 bits per heavy atom. The summed E-state index contributed by atoms with van der Waals surface area (Å²) in [6.07, 6.45) is 8.84. The smallest absolute Gasteiger partial charge is 0.223 e. The Hall–Kier alpha value is -1.96. The van der Waals surface area contributed by atoms with Crippen molar-refractivity contribution in [1.29, 1.82) is 0 Å². The minimum Gasteiger partial charge on any atom is -0.381 e. The quantitative estimate of drug-likeness (QED) is 0.759. The van der Waals surface area contributed by atoms with Crippen molar-refractivity contribution in [2.24, 2.45) is 11.8 Å². The number of aromatic amines is 1. The molecule has 3 heterocycles. The maximum absolute atomic E-state index is 13.1. The summed E-state index contributed by atoms with van der Waals surface area (Å²) in [6, 6.07) is -0.222. The number of nitrogens with zero attached hydrogens (tertiary/aromatic N) is 3. The van der Waals surface area contributed by atoms with E-state index in [2.05, 4.69) is 20.5 Å². The molecule has 3 aliphatic rings. The van der Waals surface area contributed by atoms with E-state index in [9.17, 15) is 9.59 Å². The fourth-order valence-electron chi connectivity index (χ4n) is 5.02. The van der Waals surface area contributed by atoms with Gasteiger partial charge in [0.05, 0.1) is 6.04 Å². The molecule has 2 N–H and O–H groups in total. The van der Waals surface area contributed by atoms with E-state index < -0.39 is 0 Å². The number of H-pyrrole nitrogens is 1. The van der Waals surface area contributed by atoms with Crippen molar-refractivity contribution in [1.82, 2.24) is 25.4 Å². The zero-order valence-corrected chi connectivity index (χ0v) is 17.4. The Balaban J connectivity index is 1.39. The van der Waals surface area contributed by atoms with Gasteiger partial charge in [0.2, 0.25) is 11.8 Å². The highest BCUT2D eigenvalue weighted by atomic mass is 16.5. The molecule has 29 heavy (non-hydrogen) atoms. The highest BCUT2D eigenvalue weighted by molar-refractivity contribution is 5.80. The first-order chi connectivity index (χ1) is 14.1. The van der Waals surface area contributed by atoms with Gasteiger partial charge in [0.15, 0.2) is 5.82 Å². The molecule has 2 saturated heterocycles. The van der Waals surface area contributed by atoms with Crippen molar-refractivity contribution >= 4 is 11.8 Å². The number of aryl methyl sites for hydroxylation is 1. The van der Waals surface area contributed by atoms with Crippen molar-refractivity contribution in [2.45, 2.75) is 76.8 Å². The maximum atomic E-state index is 13.1. The summed E-state index contributed by atoms with van der Waals surface area (Å²) >= 11 is 0. The third kappa shape index (κ3) is 4.97. The van der Waals surface area contributed by atoms with E-state index >= 15 is 0 Å². The number of carbonyl (C=O) groups excluding carboxylic acids is 2. The van der Waals surface area contributed by atoms with E-state index in [4.69, 9.17) is 4.74 Å². The molecule has 1 aromatic rings. The van der Waals surface area contributed by atoms with E-state index in [0.29, 0.717) is 44.3 Å². The third-order valence-corrected chi connectivity index (χ3v) is 6.71. The van der Waals surface area contributed by atoms with Crippen LogP contribution in [0.15, 0.2) is 0 Å². The molecular formula is C21H33N5O3. The maximum Gasteiger partial charge on any atom is 0.223 e. The van der Waals surface area contributed by atoms with Gasteiger partial charge in [0.25, 0.3) is 0 Å². The van der Waals surface area contributed by atoms with Crippen LogP contribution in [0.3, 0.4) is 0 Å². The van der Waals surface area contributed by atoms with Gasteiger partial charge in [-0.05, 0) is 38.5 Å². The average Bonchev–Trinajstić information content (AvgIpc) is 3.47. The monoisotopic (exact) mass is 403 g/mol. The van der Waals surface area contributed by atoms with Crippen molar-refractivity contribution < 1.29 is 14.3 Å². The molecule has 0 unspecified atom stereocenters. The number of aromatic nitrogens is 3. The Kier molecular flexibility index (Phi) is 6.47. The van der Waals surface area contributed by atoms with Crippen LogP contribution in [-0.2, 0) is 14.3 Å². The highest BCUT2D eigenvalue weighted by Crippen LogP contribution is 2.33. The van der Waals surface area contributed by atoms with Crippen LogP contribution >= 0.6 is 0 Å². The molecule has 0 radical (unpaired) electrons. The molecule has 2 amide bonds. The first-order valence-electron chi connectivity index (χ1n) is 11.2. The van der Waals surface area contributed by atoms with Gasteiger partial charge in [-0.2, -0.15) is 5.10 Å². The molecule has 8 heteroatoms. The molecule has 1 saturated carbocycles. The summed E-state index contributed by atoms with van der Waals surface area (Å²) in [5.41, 5.74) is 0. The lowest BCUT2D eigenvalue weighted by Gasteiger charge is -2.24. The number of amides is 2. The highest BCUT2D eigenvalue weighted by Gasteiger charge is 2.39.